The lowest BCUT2D eigenvalue weighted by Crippen LogP contribution is -2.19. The van der Waals surface area contributed by atoms with Gasteiger partial charge in [0, 0.05) is 18.2 Å². The molecular formula is C19H22FNO. The Hall–Kier alpha value is -1.71. The summed E-state index contributed by atoms with van der Waals surface area (Å²) in [5.41, 5.74) is 5.57. The van der Waals surface area contributed by atoms with Crippen LogP contribution in [0.2, 0.25) is 0 Å². The maximum absolute atomic E-state index is 13.4. The normalized spacial score (nSPS) is 20.2. The van der Waals surface area contributed by atoms with Gasteiger partial charge in [-0.1, -0.05) is 31.2 Å². The van der Waals surface area contributed by atoms with Crippen molar-refractivity contribution in [3.63, 3.8) is 0 Å². The number of aliphatic hydroxyl groups excluding tert-OH is 1. The Morgan fingerprint density at radius 2 is 2.09 bits per heavy atom. The average Bonchev–Trinajstić information content (AvgIpc) is 2.84. The van der Waals surface area contributed by atoms with E-state index < -0.39 is 0 Å². The van der Waals surface area contributed by atoms with Gasteiger partial charge in [-0.25, -0.2) is 4.39 Å². The molecule has 116 valence electrons. The number of fused-ring (bicyclic) bond motifs is 1. The molecular weight excluding hydrogens is 277 g/mol. The van der Waals surface area contributed by atoms with Crippen LogP contribution in [0.25, 0.3) is 0 Å². The van der Waals surface area contributed by atoms with Crippen molar-refractivity contribution >= 4 is 0 Å². The minimum Gasteiger partial charge on any atom is -0.392 e. The maximum Gasteiger partial charge on any atom is 0.128 e. The highest BCUT2D eigenvalue weighted by Crippen LogP contribution is 2.41. The van der Waals surface area contributed by atoms with E-state index in [1.54, 1.807) is 12.1 Å². The van der Waals surface area contributed by atoms with Crippen LogP contribution in [0.4, 0.5) is 4.39 Å². The molecule has 1 aliphatic carbocycles. The number of benzene rings is 2. The van der Waals surface area contributed by atoms with Gasteiger partial charge >= 0.3 is 0 Å². The van der Waals surface area contributed by atoms with Gasteiger partial charge in [-0.05, 0) is 53.6 Å². The van der Waals surface area contributed by atoms with Crippen molar-refractivity contribution < 1.29 is 9.50 Å². The van der Waals surface area contributed by atoms with Crippen molar-refractivity contribution in [2.75, 3.05) is 0 Å². The van der Waals surface area contributed by atoms with Gasteiger partial charge in [0.15, 0.2) is 0 Å². The van der Waals surface area contributed by atoms with Crippen LogP contribution in [0.1, 0.15) is 53.1 Å². The van der Waals surface area contributed by atoms with Crippen molar-refractivity contribution in [3.8, 4) is 0 Å². The highest BCUT2D eigenvalue weighted by molar-refractivity contribution is 5.43. The monoisotopic (exact) mass is 299 g/mol. The molecule has 0 bridgehead atoms. The third-order valence-electron chi connectivity index (χ3n) is 4.65. The fraction of sp³-hybridized carbons (Fsp3) is 0.368. The summed E-state index contributed by atoms with van der Waals surface area (Å²) in [7, 11) is 0. The Kier molecular flexibility index (Phi) is 4.27. The van der Waals surface area contributed by atoms with E-state index in [0.29, 0.717) is 24.1 Å². The predicted molar refractivity (Wildman–Crippen MR) is 86.1 cm³/mol. The Morgan fingerprint density at radius 1 is 1.27 bits per heavy atom. The van der Waals surface area contributed by atoms with E-state index in [9.17, 15) is 4.39 Å². The summed E-state index contributed by atoms with van der Waals surface area (Å²) >= 11 is 0. The van der Waals surface area contributed by atoms with Crippen LogP contribution in [0.15, 0.2) is 36.4 Å². The molecule has 0 saturated carbocycles. The Balaban J connectivity index is 1.75. The van der Waals surface area contributed by atoms with Crippen LogP contribution in [0, 0.1) is 12.7 Å². The minimum absolute atomic E-state index is 0.262. The summed E-state index contributed by atoms with van der Waals surface area (Å²) in [5, 5.41) is 12.7. The van der Waals surface area contributed by atoms with Crippen LogP contribution in [0.5, 0.6) is 0 Å². The first-order valence-corrected chi connectivity index (χ1v) is 7.81. The zero-order chi connectivity index (χ0) is 15.7. The first-order valence-electron chi connectivity index (χ1n) is 7.81. The predicted octanol–water partition coefficient (Wildman–Crippen LogP) is 3.96. The third-order valence-corrected chi connectivity index (χ3v) is 4.65. The zero-order valence-electron chi connectivity index (χ0n) is 13.1. The average molecular weight is 299 g/mol. The lowest BCUT2D eigenvalue weighted by molar-refractivity contribution is 0.275. The van der Waals surface area contributed by atoms with E-state index in [1.807, 2.05) is 0 Å². The summed E-state index contributed by atoms with van der Waals surface area (Å²) in [6.07, 6.45) is 1.09. The van der Waals surface area contributed by atoms with Gasteiger partial charge < -0.3 is 10.4 Å². The topological polar surface area (TPSA) is 32.3 Å². The number of nitrogens with one attached hydrogen (secondary N) is 1. The number of hydrogen-bond acceptors (Lipinski definition) is 2. The number of rotatable bonds is 4. The van der Waals surface area contributed by atoms with Crippen molar-refractivity contribution in [2.45, 2.75) is 45.4 Å². The summed E-state index contributed by atoms with van der Waals surface area (Å²) in [6.45, 7) is 4.86. The van der Waals surface area contributed by atoms with Gasteiger partial charge in [0.1, 0.15) is 5.82 Å². The smallest absolute Gasteiger partial charge is 0.128 e. The van der Waals surface area contributed by atoms with E-state index >= 15 is 0 Å². The van der Waals surface area contributed by atoms with Crippen molar-refractivity contribution in [2.24, 2.45) is 0 Å². The summed E-state index contributed by atoms with van der Waals surface area (Å²) in [6, 6.07) is 11.8. The van der Waals surface area contributed by atoms with Crippen molar-refractivity contribution in [1.82, 2.24) is 5.32 Å². The first-order chi connectivity index (χ1) is 10.6. The first kappa shape index (κ1) is 15.2. The molecule has 0 saturated heterocycles. The summed E-state index contributed by atoms with van der Waals surface area (Å²) in [5.74, 6) is 0.219. The SMILES string of the molecule is Cc1cccc2c1C(C)CC2NCc1ccc(F)c(CO)c1. The van der Waals surface area contributed by atoms with Gasteiger partial charge in [0.25, 0.3) is 0 Å². The second-order valence-electron chi connectivity index (χ2n) is 6.23. The molecule has 2 atom stereocenters. The van der Waals surface area contributed by atoms with Gasteiger partial charge in [0.2, 0.25) is 0 Å². The van der Waals surface area contributed by atoms with E-state index in [-0.39, 0.29) is 12.4 Å². The van der Waals surface area contributed by atoms with Gasteiger partial charge in [-0.2, -0.15) is 0 Å². The highest BCUT2D eigenvalue weighted by atomic mass is 19.1. The lowest BCUT2D eigenvalue weighted by Gasteiger charge is -2.15. The standard InChI is InChI=1S/C19H22FNO/c1-12-4-3-5-16-18(8-13(2)19(12)16)21-10-14-6-7-17(20)15(9-14)11-22/h3-7,9,13,18,21-22H,8,10-11H2,1-2H3. The molecule has 0 radical (unpaired) electrons. The molecule has 3 rings (SSSR count). The van der Waals surface area contributed by atoms with E-state index in [4.69, 9.17) is 5.11 Å². The van der Waals surface area contributed by atoms with E-state index in [2.05, 4.69) is 37.4 Å². The van der Waals surface area contributed by atoms with Crippen LogP contribution in [0.3, 0.4) is 0 Å². The molecule has 0 spiro atoms. The maximum atomic E-state index is 13.4. The zero-order valence-corrected chi connectivity index (χ0v) is 13.1. The molecule has 0 amide bonds. The fourth-order valence-corrected chi connectivity index (χ4v) is 3.57. The molecule has 0 aromatic heterocycles. The van der Waals surface area contributed by atoms with Crippen LogP contribution in [-0.2, 0) is 13.2 Å². The van der Waals surface area contributed by atoms with Gasteiger partial charge in [0.05, 0.1) is 6.61 Å². The molecule has 2 unspecified atom stereocenters. The lowest BCUT2D eigenvalue weighted by atomic mass is 9.98. The summed E-state index contributed by atoms with van der Waals surface area (Å²) in [4.78, 5) is 0. The quantitative estimate of drug-likeness (QED) is 0.895. The Morgan fingerprint density at radius 3 is 2.86 bits per heavy atom. The van der Waals surface area contributed by atoms with Crippen LogP contribution in [-0.4, -0.2) is 5.11 Å². The van der Waals surface area contributed by atoms with Gasteiger partial charge in [-0.15, -0.1) is 0 Å². The van der Waals surface area contributed by atoms with Crippen LogP contribution >= 0.6 is 0 Å². The third kappa shape index (κ3) is 2.79. The number of hydrogen-bond donors (Lipinski definition) is 2. The summed E-state index contributed by atoms with van der Waals surface area (Å²) < 4.78 is 13.4. The van der Waals surface area contributed by atoms with Crippen molar-refractivity contribution in [3.05, 3.63) is 70.0 Å². The van der Waals surface area contributed by atoms with E-state index in [1.165, 1.54) is 22.8 Å². The number of aliphatic hydroxyl groups is 1. The largest absolute Gasteiger partial charge is 0.392 e. The Labute approximate surface area is 131 Å². The Bertz CT molecular complexity index is 683. The molecule has 2 aromatic rings. The fourth-order valence-electron chi connectivity index (χ4n) is 3.57. The number of aryl methyl sites for hydroxylation is 1. The molecule has 0 aliphatic heterocycles. The van der Waals surface area contributed by atoms with Crippen molar-refractivity contribution in [1.29, 1.82) is 0 Å². The molecule has 0 fully saturated rings. The number of halogens is 1. The van der Waals surface area contributed by atoms with Crippen LogP contribution < -0.4 is 5.32 Å². The molecule has 0 heterocycles. The molecule has 3 heteroatoms. The van der Waals surface area contributed by atoms with E-state index in [0.717, 1.165) is 12.0 Å². The minimum atomic E-state index is -0.346. The second-order valence-corrected chi connectivity index (χ2v) is 6.23. The molecule has 2 aromatic carbocycles. The molecule has 2 N–H and O–H groups in total. The highest BCUT2D eigenvalue weighted by Gasteiger charge is 2.28. The molecule has 2 nitrogen and oxygen atoms in total. The second kappa shape index (κ2) is 6.19. The van der Waals surface area contributed by atoms with Gasteiger partial charge in [-0.3, -0.25) is 0 Å². The molecule has 22 heavy (non-hydrogen) atoms. The molecule has 1 aliphatic rings.